The summed E-state index contributed by atoms with van der Waals surface area (Å²) < 4.78 is 55.5. The topological polar surface area (TPSA) is 101 Å². The molecule has 9 nitrogen and oxygen atoms in total. The van der Waals surface area contributed by atoms with E-state index in [1.165, 1.54) is 29.2 Å². The molecule has 1 aromatic carbocycles. The van der Waals surface area contributed by atoms with Gasteiger partial charge in [-0.05, 0) is 31.5 Å². The van der Waals surface area contributed by atoms with Crippen molar-refractivity contribution in [2.24, 2.45) is 0 Å². The Bertz CT molecular complexity index is 1300. The lowest BCUT2D eigenvalue weighted by molar-refractivity contribution is 0.381. The number of hydrogen-bond donors (Lipinski definition) is 0. The molecule has 1 saturated heterocycles. The minimum absolute atomic E-state index is 0.0485. The highest BCUT2D eigenvalue weighted by Gasteiger charge is 2.31. The number of aromatic nitrogens is 4. The van der Waals surface area contributed by atoms with Crippen LogP contribution in [-0.4, -0.2) is 63.9 Å². The van der Waals surface area contributed by atoms with Crippen molar-refractivity contribution < 1.29 is 17.2 Å². The number of sulfonamides is 1. The zero-order valence-electron chi connectivity index (χ0n) is 18.0. The van der Waals surface area contributed by atoms with Crippen molar-refractivity contribution in [1.82, 2.24) is 24.1 Å². The van der Waals surface area contributed by atoms with E-state index in [0.29, 0.717) is 11.4 Å². The maximum atomic E-state index is 14.0. The smallest absolute Gasteiger partial charge is 0.281 e. The minimum Gasteiger partial charge on any atom is -0.367 e. The average Bonchev–Trinajstić information content (AvgIpc) is 2.78. The predicted molar refractivity (Wildman–Crippen MR) is 119 cm³/mol. The fraction of sp³-hybridized carbons (Fsp3) is 0.333. The summed E-state index contributed by atoms with van der Waals surface area (Å²) in [6.45, 7) is 4.25. The van der Waals surface area contributed by atoms with Gasteiger partial charge in [0.25, 0.3) is 5.56 Å². The normalized spacial score (nSPS) is 15.2. The van der Waals surface area contributed by atoms with Crippen molar-refractivity contribution in [3.63, 3.8) is 0 Å². The SMILES string of the molecule is CC(C)S(=O)(=O)N1CCN(c2cnn(-c3cncnc3)c(=O)c2-c2cc(F)cc(F)c2)CC1. The predicted octanol–water partition coefficient (Wildman–Crippen LogP) is 1.83. The molecule has 0 unspecified atom stereocenters. The Kier molecular flexibility index (Phi) is 6.21. The Balaban J connectivity index is 1.79. The van der Waals surface area contributed by atoms with Crippen LogP contribution in [0, 0.1) is 11.6 Å². The van der Waals surface area contributed by atoms with Crippen molar-refractivity contribution in [2.75, 3.05) is 31.1 Å². The lowest BCUT2D eigenvalue weighted by atomic mass is 10.0. The summed E-state index contributed by atoms with van der Waals surface area (Å²) in [4.78, 5) is 23.0. The van der Waals surface area contributed by atoms with Crippen molar-refractivity contribution in [3.8, 4) is 16.8 Å². The Labute approximate surface area is 189 Å². The first-order chi connectivity index (χ1) is 15.7. The second-order valence-electron chi connectivity index (χ2n) is 7.86. The third-order valence-electron chi connectivity index (χ3n) is 5.44. The summed E-state index contributed by atoms with van der Waals surface area (Å²) >= 11 is 0. The molecule has 0 radical (unpaired) electrons. The first kappa shape index (κ1) is 22.9. The molecule has 12 heteroatoms. The van der Waals surface area contributed by atoms with E-state index in [1.807, 2.05) is 0 Å². The van der Waals surface area contributed by atoms with Gasteiger partial charge in [-0.2, -0.15) is 14.1 Å². The minimum atomic E-state index is -3.42. The molecule has 0 aliphatic carbocycles. The van der Waals surface area contributed by atoms with E-state index in [0.717, 1.165) is 22.9 Å². The molecule has 0 saturated carbocycles. The van der Waals surface area contributed by atoms with E-state index < -0.39 is 32.5 Å². The average molecular weight is 477 g/mol. The Morgan fingerprint density at radius 2 is 1.55 bits per heavy atom. The molecule has 1 fully saturated rings. The Morgan fingerprint density at radius 1 is 0.939 bits per heavy atom. The molecule has 0 bridgehead atoms. The van der Waals surface area contributed by atoms with Gasteiger partial charge in [-0.25, -0.2) is 27.2 Å². The van der Waals surface area contributed by atoms with Crippen LogP contribution in [0.5, 0.6) is 0 Å². The van der Waals surface area contributed by atoms with E-state index in [9.17, 15) is 22.0 Å². The van der Waals surface area contributed by atoms with Gasteiger partial charge in [-0.3, -0.25) is 4.79 Å². The summed E-state index contributed by atoms with van der Waals surface area (Å²) in [7, 11) is -3.42. The molecule has 4 rings (SSSR count). The lowest BCUT2D eigenvalue weighted by Crippen LogP contribution is -2.50. The van der Waals surface area contributed by atoms with E-state index in [2.05, 4.69) is 15.1 Å². The number of nitrogens with zero attached hydrogens (tertiary/aromatic N) is 6. The van der Waals surface area contributed by atoms with Gasteiger partial charge in [0.15, 0.2) is 0 Å². The van der Waals surface area contributed by atoms with Gasteiger partial charge in [0.1, 0.15) is 23.6 Å². The molecule has 2 aromatic heterocycles. The number of hydrogen-bond acceptors (Lipinski definition) is 7. The monoisotopic (exact) mass is 476 g/mol. The fourth-order valence-electron chi connectivity index (χ4n) is 3.72. The van der Waals surface area contributed by atoms with E-state index in [4.69, 9.17) is 0 Å². The van der Waals surface area contributed by atoms with Gasteiger partial charge in [0.05, 0.1) is 35.1 Å². The molecule has 0 amide bonds. The highest BCUT2D eigenvalue weighted by molar-refractivity contribution is 7.89. The van der Waals surface area contributed by atoms with Crippen LogP contribution in [0.25, 0.3) is 16.8 Å². The van der Waals surface area contributed by atoms with Crippen LogP contribution in [0.15, 0.2) is 47.9 Å². The molecule has 1 aliphatic rings. The molecule has 0 spiro atoms. The zero-order chi connectivity index (χ0) is 23.8. The summed E-state index contributed by atoms with van der Waals surface area (Å²) in [5.74, 6) is -1.65. The van der Waals surface area contributed by atoms with Crippen molar-refractivity contribution >= 4 is 15.7 Å². The molecular weight excluding hydrogens is 454 g/mol. The van der Waals surface area contributed by atoms with Crippen LogP contribution in [-0.2, 0) is 10.0 Å². The Hall–Kier alpha value is -3.25. The van der Waals surface area contributed by atoms with Gasteiger partial charge >= 0.3 is 0 Å². The van der Waals surface area contributed by atoms with E-state index in [1.54, 1.807) is 18.7 Å². The lowest BCUT2D eigenvalue weighted by Gasteiger charge is -2.36. The van der Waals surface area contributed by atoms with Crippen molar-refractivity contribution in [2.45, 2.75) is 19.1 Å². The second kappa shape index (κ2) is 8.94. The molecular formula is C21H22F2N6O3S. The van der Waals surface area contributed by atoms with Gasteiger partial charge in [0, 0.05) is 32.2 Å². The first-order valence-electron chi connectivity index (χ1n) is 10.3. The van der Waals surface area contributed by atoms with E-state index >= 15 is 0 Å². The van der Waals surface area contributed by atoms with Gasteiger partial charge < -0.3 is 4.90 Å². The standard InChI is InChI=1S/C21H22F2N6O3S/c1-14(2)33(31,32)28-5-3-27(4-6-28)19-12-26-29(18-10-24-13-25-11-18)21(30)20(19)15-7-16(22)9-17(23)8-15/h7-14H,3-6H2,1-2H3. The molecule has 0 N–H and O–H groups in total. The second-order valence-corrected chi connectivity index (χ2v) is 10.3. The summed E-state index contributed by atoms with van der Waals surface area (Å²) in [6, 6.07) is 2.88. The van der Waals surface area contributed by atoms with Crippen molar-refractivity contribution in [1.29, 1.82) is 0 Å². The van der Waals surface area contributed by atoms with Gasteiger partial charge in [-0.15, -0.1) is 0 Å². The maximum Gasteiger partial charge on any atom is 0.281 e. The molecule has 3 aromatic rings. The Morgan fingerprint density at radius 3 is 2.12 bits per heavy atom. The van der Waals surface area contributed by atoms with Crippen LogP contribution < -0.4 is 10.5 Å². The number of piperazine rings is 1. The third kappa shape index (κ3) is 4.48. The first-order valence-corrected chi connectivity index (χ1v) is 11.8. The number of halogens is 2. The molecule has 0 atom stereocenters. The van der Waals surface area contributed by atoms with Crippen LogP contribution in [0.1, 0.15) is 13.8 Å². The van der Waals surface area contributed by atoms with Crippen molar-refractivity contribution in [3.05, 3.63) is 65.1 Å². The highest BCUT2D eigenvalue weighted by Crippen LogP contribution is 2.30. The molecule has 1 aliphatic heterocycles. The van der Waals surface area contributed by atoms with Gasteiger partial charge in [0.2, 0.25) is 10.0 Å². The zero-order valence-corrected chi connectivity index (χ0v) is 18.8. The van der Waals surface area contributed by atoms with Crippen LogP contribution in [0.4, 0.5) is 14.5 Å². The summed E-state index contributed by atoms with van der Waals surface area (Å²) in [5, 5.41) is 3.67. The molecule has 33 heavy (non-hydrogen) atoms. The number of benzene rings is 1. The fourth-order valence-corrected chi connectivity index (χ4v) is 4.99. The number of anilines is 1. The molecule has 3 heterocycles. The largest absolute Gasteiger partial charge is 0.367 e. The van der Waals surface area contributed by atoms with Crippen LogP contribution in [0.2, 0.25) is 0 Å². The molecule has 174 valence electrons. The maximum absolute atomic E-state index is 14.0. The quantitative estimate of drug-likeness (QED) is 0.554. The summed E-state index contributed by atoms with van der Waals surface area (Å²) in [6.07, 6.45) is 5.52. The van der Waals surface area contributed by atoms with Crippen LogP contribution >= 0.6 is 0 Å². The van der Waals surface area contributed by atoms with Gasteiger partial charge in [-0.1, -0.05) is 0 Å². The highest BCUT2D eigenvalue weighted by atomic mass is 32.2. The number of rotatable bonds is 5. The van der Waals surface area contributed by atoms with E-state index in [-0.39, 0.29) is 37.3 Å². The third-order valence-corrected chi connectivity index (χ3v) is 7.71. The summed E-state index contributed by atoms with van der Waals surface area (Å²) in [5.41, 5.74) is 0.148. The van der Waals surface area contributed by atoms with Crippen LogP contribution in [0.3, 0.4) is 0 Å².